The van der Waals surface area contributed by atoms with Crippen molar-refractivity contribution in [2.45, 2.75) is 50.3 Å². The van der Waals surface area contributed by atoms with Gasteiger partial charge in [0, 0.05) is 31.2 Å². The number of carbonyl (C=O) groups is 1. The molecule has 1 aromatic rings. The van der Waals surface area contributed by atoms with E-state index in [1.54, 1.807) is 0 Å². The second-order valence-corrected chi connectivity index (χ2v) is 7.05. The second kappa shape index (κ2) is 8.10. The molecular formula is C19H29N3O2. The van der Waals surface area contributed by atoms with Crippen LogP contribution in [0.25, 0.3) is 0 Å². The van der Waals surface area contributed by atoms with Crippen molar-refractivity contribution >= 4 is 5.91 Å². The highest BCUT2D eigenvalue weighted by molar-refractivity contribution is 5.81. The van der Waals surface area contributed by atoms with Gasteiger partial charge in [-0.15, -0.1) is 0 Å². The number of carbonyl (C=O) groups excluding carboxylic acids is 1. The lowest BCUT2D eigenvalue weighted by atomic mass is 9.94. The Morgan fingerprint density at radius 3 is 2.75 bits per heavy atom. The minimum atomic E-state index is -0.358. The molecule has 0 aromatic heterocycles. The van der Waals surface area contributed by atoms with Crippen LogP contribution in [0.2, 0.25) is 0 Å². The fourth-order valence-electron chi connectivity index (χ4n) is 3.81. The van der Waals surface area contributed by atoms with Crippen molar-refractivity contribution in [3.8, 4) is 0 Å². The monoisotopic (exact) mass is 331 g/mol. The molecule has 1 aliphatic heterocycles. The third kappa shape index (κ3) is 4.35. The zero-order valence-corrected chi connectivity index (χ0v) is 14.5. The number of nitrogens with one attached hydrogen (secondary N) is 3. The number of hydrogen-bond acceptors (Lipinski definition) is 4. The van der Waals surface area contributed by atoms with Crippen molar-refractivity contribution in [2.24, 2.45) is 0 Å². The molecule has 2 aliphatic rings. The summed E-state index contributed by atoms with van der Waals surface area (Å²) >= 11 is 0. The average molecular weight is 331 g/mol. The predicted molar refractivity (Wildman–Crippen MR) is 94.8 cm³/mol. The molecule has 1 heterocycles. The van der Waals surface area contributed by atoms with Crippen molar-refractivity contribution in [1.82, 2.24) is 16.0 Å². The summed E-state index contributed by atoms with van der Waals surface area (Å²) in [7, 11) is 0. The van der Waals surface area contributed by atoms with Crippen LogP contribution in [0.5, 0.6) is 0 Å². The fraction of sp³-hybridized carbons (Fsp3) is 0.632. The molecule has 0 spiro atoms. The summed E-state index contributed by atoms with van der Waals surface area (Å²) in [5, 5.41) is 10.1. The molecule has 1 amide bonds. The van der Waals surface area contributed by atoms with Gasteiger partial charge in [-0.1, -0.05) is 43.2 Å². The number of hydrogen-bond donors (Lipinski definition) is 3. The van der Waals surface area contributed by atoms with E-state index < -0.39 is 0 Å². The maximum Gasteiger partial charge on any atom is 0.250 e. The molecule has 2 unspecified atom stereocenters. The van der Waals surface area contributed by atoms with E-state index in [0.717, 1.165) is 19.4 Å². The molecule has 0 bridgehead atoms. The van der Waals surface area contributed by atoms with E-state index in [9.17, 15) is 4.79 Å². The van der Waals surface area contributed by atoms with Gasteiger partial charge in [0.25, 0.3) is 5.91 Å². The molecule has 24 heavy (non-hydrogen) atoms. The first-order chi connectivity index (χ1) is 11.7. The fourth-order valence-corrected chi connectivity index (χ4v) is 3.81. The van der Waals surface area contributed by atoms with Gasteiger partial charge in [0.05, 0.1) is 6.61 Å². The predicted octanol–water partition coefficient (Wildman–Crippen LogP) is 1.75. The first-order valence-electron chi connectivity index (χ1n) is 9.11. The van der Waals surface area contributed by atoms with Crippen LogP contribution in [0.4, 0.5) is 0 Å². The Balaban J connectivity index is 1.58. The van der Waals surface area contributed by atoms with Crippen LogP contribution < -0.4 is 16.0 Å². The normalized spacial score (nSPS) is 24.5. The maximum atomic E-state index is 12.3. The van der Waals surface area contributed by atoms with Crippen LogP contribution in [0.1, 0.15) is 44.2 Å². The van der Waals surface area contributed by atoms with E-state index in [-0.39, 0.29) is 23.6 Å². The van der Waals surface area contributed by atoms with Crippen LogP contribution in [0.15, 0.2) is 30.3 Å². The van der Waals surface area contributed by atoms with Crippen LogP contribution in [0.3, 0.4) is 0 Å². The summed E-state index contributed by atoms with van der Waals surface area (Å²) in [6.45, 7) is 4.90. The number of ether oxygens (including phenoxy) is 1. The largest absolute Gasteiger partial charge is 0.366 e. The van der Waals surface area contributed by atoms with Crippen molar-refractivity contribution < 1.29 is 9.53 Å². The molecule has 3 rings (SSSR count). The van der Waals surface area contributed by atoms with E-state index in [0.29, 0.717) is 19.7 Å². The van der Waals surface area contributed by atoms with Crippen molar-refractivity contribution in [3.63, 3.8) is 0 Å². The van der Waals surface area contributed by atoms with E-state index in [1.165, 1.54) is 18.4 Å². The molecule has 1 saturated carbocycles. The molecule has 1 aliphatic carbocycles. The number of amides is 1. The van der Waals surface area contributed by atoms with Gasteiger partial charge in [0.1, 0.15) is 6.10 Å². The lowest BCUT2D eigenvalue weighted by Crippen LogP contribution is -2.55. The Kier molecular flexibility index (Phi) is 5.87. The summed E-state index contributed by atoms with van der Waals surface area (Å²) in [5.41, 5.74) is 1.28. The van der Waals surface area contributed by atoms with Gasteiger partial charge in [-0.05, 0) is 25.3 Å². The van der Waals surface area contributed by atoms with E-state index in [1.807, 2.05) is 6.07 Å². The molecule has 0 radical (unpaired) electrons. The molecule has 2 atom stereocenters. The third-order valence-corrected chi connectivity index (χ3v) is 5.20. The minimum Gasteiger partial charge on any atom is -0.366 e. The molecular weight excluding hydrogens is 302 g/mol. The van der Waals surface area contributed by atoms with E-state index >= 15 is 0 Å². The van der Waals surface area contributed by atoms with Crippen LogP contribution in [-0.2, 0) is 9.53 Å². The summed E-state index contributed by atoms with van der Waals surface area (Å²) in [6.07, 6.45) is 4.28. The van der Waals surface area contributed by atoms with Crippen molar-refractivity contribution in [2.75, 3.05) is 26.2 Å². The zero-order chi connectivity index (χ0) is 16.8. The summed E-state index contributed by atoms with van der Waals surface area (Å²) in [6, 6.07) is 10.8. The van der Waals surface area contributed by atoms with Gasteiger partial charge >= 0.3 is 0 Å². The van der Waals surface area contributed by atoms with E-state index in [4.69, 9.17) is 4.74 Å². The lowest BCUT2D eigenvalue weighted by Gasteiger charge is -2.35. The molecule has 132 valence electrons. The average Bonchev–Trinajstić information content (AvgIpc) is 3.10. The van der Waals surface area contributed by atoms with Gasteiger partial charge in [0.2, 0.25) is 0 Å². The molecule has 5 nitrogen and oxygen atoms in total. The topological polar surface area (TPSA) is 62.4 Å². The standard InChI is InChI=1S/C19H29N3O2/c1-15(16-7-3-2-4-8-16)22-19(9-5-6-10-19)14-21-18(23)17-13-20-11-12-24-17/h2-4,7-8,15,17,20,22H,5-6,9-14H2,1H3,(H,21,23). The number of rotatable bonds is 6. The Bertz CT molecular complexity index is 523. The minimum absolute atomic E-state index is 0.00244. The maximum absolute atomic E-state index is 12.3. The second-order valence-electron chi connectivity index (χ2n) is 7.05. The van der Waals surface area contributed by atoms with Crippen LogP contribution in [-0.4, -0.2) is 43.8 Å². The Morgan fingerprint density at radius 1 is 1.33 bits per heavy atom. The highest BCUT2D eigenvalue weighted by Crippen LogP contribution is 2.31. The highest BCUT2D eigenvalue weighted by Gasteiger charge is 2.36. The van der Waals surface area contributed by atoms with Gasteiger partial charge < -0.3 is 20.7 Å². The summed E-state index contributed by atoms with van der Waals surface area (Å²) < 4.78 is 5.54. The van der Waals surface area contributed by atoms with Gasteiger partial charge in [-0.3, -0.25) is 4.79 Å². The SMILES string of the molecule is CC(NC1(CNC(=O)C2CNCCO2)CCCC1)c1ccccc1. The molecule has 5 heteroatoms. The zero-order valence-electron chi connectivity index (χ0n) is 14.5. The Morgan fingerprint density at radius 2 is 2.08 bits per heavy atom. The smallest absolute Gasteiger partial charge is 0.250 e. The van der Waals surface area contributed by atoms with Crippen molar-refractivity contribution in [1.29, 1.82) is 0 Å². The van der Waals surface area contributed by atoms with Crippen LogP contribution >= 0.6 is 0 Å². The van der Waals surface area contributed by atoms with Gasteiger partial charge in [0.15, 0.2) is 0 Å². The molecule has 1 saturated heterocycles. The molecule has 1 aromatic carbocycles. The Hall–Kier alpha value is -1.43. The first-order valence-corrected chi connectivity index (χ1v) is 9.11. The number of benzene rings is 1. The Labute approximate surface area is 144 Å². The van der Waals surface area contributed by atoms with Crippen molar-refractivity contribution in [3.05, 3.63) is 35.9 Å². The number of morpholine rings is 1. The van der Waals surface area contributed by atoms with Gasteiger partial charge in [-0.25, -0.2) is 0 Å². The van der Waals surface area contributed by atoms with Gasteiger partial charge in [-0.2, -0.15) is 0 Å². The molecule has 2 fully saturated rings. The molecule has 3 N–H and O–H groups in total. The first kappa shape index (κ1) is 17.4. The lowest BCUT2D eigenvalue weighted by molar-refractivity contribution is -0.134. The summed E-state index contributed by atoms with van der Waals surface area (Å²) in [5.74, 6) is 0.00244. The quantitative estimate of drug-likeness (QED) is 0.743. The highest BCUT2D eigenvalue weighted by atomic mass is 16.5. The third-order valence-electron chi connectivity index (χ3n) is 5.20. The van der Waals surface area contributed by atoms with Crippen LogP contribution in [0, 0.1) is 0 Å². The summed E-state index contributed by atoms with van der Waals surface area (Å²) in [4.78, 5) is 12.3. The van der Waals surface area contributed by atoms with E-state index in [2.05, 4.69) is 47.1 Å².